The first-order valence-electron chi connectivity index (χ1n) is 6.21. The van der Waals surface area contributed by atoms with E-state index in [2.05, 4.69) is 16.9 Å². The van der Waals surface area contributed by atoms with Crippen LogP contribution in [-0.2, 0) is 0 Å². The highest BCUT2D eigenvalue weighted by Crippen LogP contribution is 2.31. The molecule has 0 unspecified atom stereocenters. The van der Waals surface area contributed by atoms with E-state index in [0.29, 0.717) is 6.42 Å². The van der Waals surface area contributed by atoms with Gasteiger partial charge in [0.15, 0.2) is 0 Å². The Bertz CT molecular complexity index is 274. The van der Waals surface area contributed by atoms with Gasteiger partial charge in [-0.2, -0.15) is 0 Å². The van der Waals surface area contributed by atoms with Crippen molar-refractivity contribution in [2.45, 2.75) is 63.5 Å². The normalized spacial score (nSPS) is 17.1. The Labute approximate surface area is 104 Å². The Morgan fingerprint density at radius 1 is 1.35 bits per heavy atom. The molecule has 0 bridgehead atoms. The predicted molar refractivity (Wildman–Crippen MR) is 72.5 cm³/mol. The van der Waals surface area contributed by atoms with Crippen LogP contribution in [0, 0.1) is 0 Å². The van der Waals surface area contributed by atoms with E-state index in [9.17, 15) is 10.2 Å². The molecule has 0 aromatic rings. The maximum atomic E-state index is 10.3. The summed E-state index contributed by atoms with van der Waals surface area (Å²) in [6, 6.07) is 0. The van der Waals surface area contributed by atoms with Gasteiger partial charge in [0, 0.05) is 4.91 Å². The van der Waals surface area contributed by atoms with Gasteiger partial charge < -0.3 is 10.2 Å². The molecule has 0 aliphatic heterocycles. The van der Waals surface area contributed by atoms with Crippen LogP contribution in [0.5, 0.6) is 0 Å². The van der Waals surface area contributed by atoms with Crippen molar-refractivity contribution < 1.29 is 10.2 Å². The van der Waals surface area contributed by atoms with E-state index in [4.69, 9.17) is 5.53 Å². The highest BCUT2D eigenvalue weighted by molar-refractivity contribution is 6.79. The van der Waals surface area contributed by atoms with E-state index < -0.39 is 19.3 Å². The zero-order valence-electron chi connectivity index (χ0n) is 11.3. The molecule has 0 saturated carbocycles. The third-order valence-electron chi connectivity index (χ3n) is 3.40. The molecule has 0 rings (SSSR count). The Hall–Kier alpha value is -0.553. The van der Waals surface area contributed by atoms with Crippen LogP contribution in [0.3, 0.4) is 0 Å². The largest absolute Gasteiger partial charge is 0.396 e. The van der Waals surface area contributed by atoms with Crippen molar-refractivity contribution in [1.82, 2.24) is 0 Å². The molecule has 0 saturated heterocycles. The fourth-order valence-electron chi connectivity index (χ4n) is 2.00. The van der Waals surface area contributed by atoms with Gasteiger partial charge in [-0.3, -0.25) is 0 Å². The lowest BCUT2D eigenvalue weighted by atomic mass is 10.0. The number of aliphatic hydroxyl groups excluding tert-OH is 2. The van der Waals surface area contributed by atoms with E-state index in [0.717, 1.165) is 19.3 Å². The molecule has 0 aliphatic carbocycles. The lowest BCUT2D eigenvalue weighted by Gasteiger charge is -2.41. The number of unbranched alkanes of at least 4 members (excludes halogenated alkanes) is 2. The van der Waals surface area contributed by atoms with Crippen molar-refractivity contribution in [1.29, 1.82) is 0 Å². The quantitative estimate of drug-likeness (QED) is 0.231. The van der Waals surface area contributed by atoms with Crippen molar-refractivity contribution in [2.75, 3.05) is 6.61 Å². The minimum atomic E-state index is -2.00. The van der Waals surface area contributed by atoms with Crippen molar-refractivity contribution in [3.63, 3.8) is 0 Å². The Morgan fingerprint density at radius 3 is 2.29 bits per heavy atom. The number of hydrogen-bond donors (Lipinski definition) is 2. The number of hydrogen-bond acceptors (Lipinski definition) is 3. The second-order valence-corrected chi connectivity index (χ2v) is 10.9. The van der Waals surface area contributed by atoms with Gasteiger partial charge in [-0.15, -0.1) is 0 Å². The highest BCUT2D eigenvalue weighted by Gasteiger charge is 2.47. The Balaban J connectivity index is 4.96. The summed E-state index contributed by atoms with van der Waals surface area (Å²) in [5.74, 6) is 0. The Kier molecular flexibility index (Phi) is 6.78. The summed E-state index contributed by atoms with van der Waals surface area (Å²) in [7, 11) is -2.00. The van der Waals surface area contributed by atoms with Gasteiger partial charge in [-0.25, -0.2) is 0 Å². The van der Waals surface area contributed by atoms with E-state index in [1.807, 2.05) is 19.6 Å². The predicted octanol–water partition coefficient (Wildman–Crippen LogP) is 2.85. The molecule has 6 heteroatoms. The van der Waals surface area contributed by atoms with Crippen molar-refractivity contribution in [2.24, 2.45) is 5.11 Å². The molecule has 100 valence electrons. The smallest absolute Gasteiger partial charge is 0.0899 e. The highest BCUT2D eigenvalue weighted by atomic mass is 28.3. The third kappa shape index (κ3) is 3.99. The molecule has 0 spiro atoms. The summed E-state index contributed by atoms with van der Waals surface area (Å²) in [4.78, 5) is 2.83. The van der Waals surface area contributed by atoms with E-state index in [1.54, 1.807) is 0 Å². The minimum Gasteiger partial charge on any atom is -0.396 e. The van der Waals surface area contributed by atoms with Gasteiger partial charge in [0.25, 0.3) is 0 Å². The van der Waals surface area contributed by atoms with Crippen LogP contribution in [0.15, 0.2) is 5.11 Å². The lowest BCUT2D eigenvalue weighted by Crippen LogP contribution is -2.60. The summed E-state index contributed by atoms with van der Waals surface area (Å²) in [6.45, 7) is 7.82. The summed E-state index contributed by atoms with van der Waals surface area (Å²) in [5.41, 5.74) is 8.68. The third-order valence-corrected chi connectivity index (χ3v) is 6.58. The molecule has 2 N–H and O–H groups in total. The summed E-state index contributed by atoms with van der Waals surface area (Å²) < 4.78 is 0. The molecule has 5 nitrogen and oxygen atoms in total. The SMILES string of the molecule is CCCCC[C@@H](O)[C@@](CO)(N=[N+]=[N-])[Si](C)(C)C. The molecule has 0 amide bonds. The van der Waals surface area contributed by atoms with Crippen LogP contribution < -0.4 is 0 Å². The van der Waals surface area contributed by atoms with Crippen LogP contribution in [0.2, 0.25) is 19.6 Å². The van der Waals surface area contributed by atoms with Gasteiger partial charge in [-0.05, 0) is 12.0 Å². The summed E-state index contributed by atoms with van der Waals surface area (Å²) in [5, 5.41) is 22.6. The number of rotatable bonds is 8. The average Bonchev–Trinajstić information content (AvgIpc) is 2.24. The topological polar surface area (TPSA) is 89.2 Å². The molecule has 2 atom stereocenters. The lowest BCUT2D eigenvalue weighted by molar-refractivity contribution is 0.0732. The maximum absolute atomic E-state index is 10.3. The number of aliphatic hydroxyl groups is 2. The fraction of sp³-hybridized carbons (Fsp3) is 1.00. The van der Waals surface area contributed by atoms with Crippen LogP contribution >= 0.6 is 0 Å². The Morgan fingerprint density at radius 2 is 1.94 bits per heavy atom. The van der Waals surface area contributed by atoms with Gasteiger partial charge in [0.1, 0.15) is 0 Å². The summed E-state index contributed by atoms with van der Waals surface area (Å²) >= 11 is 0. The molecular weight excluding hydrogens is 234 g/mol. The molecular formula is C11H25N3O2Si. The molecule has 0 fully saturated rings. The van der Waals surface area contributed by atoms with Gasteiger partial charge in [-0.1, -0.05) is 50.9 Å². The first kappa shape index (κ1) is 16.4. The molecule has 0 aromatic carbocycles. The number of azide groups is 1. The zero-order valence-corrected chi connectivity index (χ0v) is 12.3. The molecule has 0 heterocycles. The van der Waals surface area contributed by atoms with E-state index >= 15 is 0 Å². The van der Waals surface area contributed by atoms with Gasteiger partial charge in [0.05, 0.1) is 25.9 Å². The van der Waals surface area contributed by atoms with Crippen LogP contribution in [0.4, 0.5) is 0 Å². The van der Waals surface area contributed by atoms with E-state index in [1.165, 1.54) is 0 Å². The molecule has 0 aromatic heterocycles. The maximum Gasteiger partial charge on any atom is 0.0899 e. The first-order valence-corrected chi connectivity index (χ1v) is 9.71. The van der Waals surface area contributed by atoms with Gasteiger partial charge >= 0.3 is 0 Å². The van der Waals surface area contributed by atoms with E-state index in [-0.39, 0.29) is 6.61 Å². The van der Waals surface area contributed by atoms with Crippen LogP contribution in [0.1, 0.15) is 32.6 Å². The standard InChI is InChI=1S/C11H25N3O2Si/c1-5-6-7-8-10(16)11(9-15,13-14-12)17(2,3)4/h10,15-16H,5-9H2,1-4H3/t10-,11+/m1/s1. The second-order valence-electron chi connectivity index (χ2n) is 5.53. The summed E-state index contributed by atoms with van der Waals surface area (Å²) in [6.07, 6.45) is 2.85. The zero-order chi connectivity index (χ0) is 13.5. The van der Waals surface area contributed by atoms with Crippen molar-refractivity contribution >= 4 is 8.07 Å². The molecule has 0 aliphatic rings. The van der Waals surface area contributed by atoms with Gasteiger partial charge in [0.2, 0.25) is 0 Å². The van der Waals surface area contributed by atoms with Crippen molar-refractivity contribution in [3.05, 3.63) is 10.4 Å². The second kappa shape index (κ2) is 7.01. The average molecular weight is 259 g/mol. The van der Waals surface area contributed by atoms with Crippen molar-refractivity contribution in [3.8, 4) is 0 Å². The minimum absolute atomic E-state index is 0.278. The van der Waals surface area contributed by atoms with Crippen LogP contribution in [0.25, 0.3) is 10.4 Å². The molecule has 0 radical (unpaired) electrons. The number of nitrogens with zero attached hydrogens (tertiary/aromatic N) is 3. The first-order chi connectivity index (χ1) is 7.85. The van der Waals surface area contributed by atoms with Crippen LogP contribution in [-0.4, -0.2) is 36.2 Å². The molecule has 17 heavy (non-hydrogen) atoms. The monoisotopic (exact) mass is 259 g/mol. The fourth-order valence-corrected chi connectivity index (χ4v) is 3.96.